The second-order valence-electron chi connectivity index (χ2n) is 5.19. The average molecular weight is 277 g/mol. The Bertz CT molecular complexity index is 563. The van der Waals surface area contributed by atoms with Gasteiger partial charge in [-0.25, -0.2) is 4.98 Å². The van der Waals surface area contributed by atoms with Gasteiger partial charge in [0.05, 0.1) is 11.4 Å². The first-order chi connectivity index (χ1) is 9.13. The highest BCUT2D eigenvalue weighted by Crippen LogP contribution is 2.21. The van der Waals surface area contributed by atoms with Gasteiger partial charge in [-0.15, -0.1) is 11.3 Å². The van der Waals surface area contributed by atoms with E-state index < -0.39 is 0 Å². The monoisotopic (exact) mass is 277 g/mol. The van der Waals surface area contributed by atoms with Gasteiger partial charge in [-0.2, -0.15) is 0 Å². The Morgan fingerprint density at radius 2 is 2.32 bits per heavy atom. The Labute approximate surface area is 119 Å². The molecule has 0 radical (unpaired) electrons. The van der Waals surface area contributed by atoms with E-state index in [1.54, 1.807) is 11.3 Å². The third-order valence-corrected chi connectivity index (χ3v) is 4.06. The van der Waals surface area contributed by atoms with Crippen molar-refractivity contribution < 1.29 is 0 Å². The molecule has 0 atom stereocenters. The number of fused-ring (bicyclic) bond motifs is 1. The van der Waals surface area contributed by atoms with Gasteiger partial charge >= 0.3 is 0 Å². The largest absolute Gasteiger partial charge is 0.313 e. The highest BCUT2D eigenvalue weighted by Gasteiger charge is 2.10. The van der Waals surface area contributed by atoms with Crippen LogP contribution in [0.4, 0.5) is 0 Å². The zero-order valence-electron chi connectivity index (χ0n) is 12.2. The van der Waals surface area contributed by atoms with Gasteiger partial charge in [0.1, 0.15) is 0 Å². The lowest BCUT2D eigenvalue weighted by molar-refractivity contribution is 0.656. The molecule has 3 nitrogen and oxygen atoms in total. The van der Waals surface area contributed by atoms with Crippen LogP contribution in [0.25, 0.3) is 11.0 Å². The van der Waals surface area contributed by atoms with E-state index in [2.05, 4.69) is 60.0 Å². The van der Waals surface area contributed by atoms with Crippen molar-refractivity contribution in [1.29, 1.82) is 0 Å². The fourth-order valence-electron chi connectivity index (χ4n) is 2.09. The van der Waals surface area contributed by atoms with Crippen molar-refractivity contribution in [2.24, 2.45) is 5.92 Å². The Kier molecular flexibility index (Phi) is 4.77. The lowest BCUT2D eigenvalue weighted by Gasteiger charge is -2.12. The van der Waals surface area contributed by atoms with E-state index in [1.165, 1.54) is 17.7 Å². The number of nitrogens with zero attached hydrogens (tertiary/aromatic N) is 2. The Morgan fingerprint density at radius 3 is 3.00 bits per heavy atom. The van der Waals surface area contributed by atoms with Gasteiger partial charge in [0, 0.05) is 18.1 Å². The number of imidazole rings is 1. The molecule has 0 fully saturated rings. The number of nitrogens with one attached hydrogen (secondary N) is 1. The first-order valence-corrected chi connectivity index (χ1v) is 7.84. The Balaban J connectivity index is 2.29. The van der Waals surface area contributed by atoms with E-state index in [0.29, 0.717) is 5.92 Å². The molecule has 2 rings (SSSR count). The van der Waals surface area contributed by atoms with Gasteiger partial charge in [0.15, 0.2) is 4.96 Å². The van der Waals surface area contributed by atoms with Crippen LogP contribution in [0.5, 0.6) is 0 Å². The fraction of sp³-hybridized carbons (Fsp3) is 0.533. The van der Waals surface area contributed by atoms with E-state index in [-0.39, 0.29) is 0 Å². The number of aryl methyl sites for hydroxylation is 1. The Hall–Kier alpha value is -1.13. The van der Waals surface area contributed by atoms with Crippen LogP contribution in [0.2, 0.25) is 0 Å². The minimum atomic E-state index is 0.549. The molecular weight excluding hydrogens is 254 g/mol. The highest BCUT2D eigenvalue weighted by molar-refractivity contribution is 7.15. The van der Waals surface area contributed by atoms with Crippen molar-refractivity contribution in [3.05, 3.63) is 28.5 Å². The number of rotatable bonds is 6. The van der Waals surface area contributed by atoms with Crippen LogP contribution >= 0.6 is 11.3 Å². The number of aromatic nitrogens is 2. The molecule has 0 amide bonds. The fourth-order valence-corrected chi connectivity index (χ4v) is 2.86. The Morgan fingerprint density at radius 1 is 1.53 bits per heavy atom. The molecule has 0 saturated heterocycles. The molecule has 104 valence electrons. The zero-order chi connectivity index (χ0) is 13.8. The van der Waals surface area contributed by atoms with Crippen LogP contribution in [-0.2, 0) is 0 Å². The van der Waals surface area contributed by atoms with Crippen LogP contribution in [0.3, 0.4) is 0 Å². The van der Waals surface area contributed by atoms with Crippen molar-refractivity contribution in [2.45, 2.75) is 34.1 Å². The molecule has 0 aliphatic rings. The number of hydrogen-bond donors (Lipinski definition) is 1. The van der Waals surface area contributed by atoms with Crippen molar-refractivity contribution in [3.63, 3.8) is 0 Å². The summed E-state index contributed by atoms with van der Waals surface area (Å²) in [6.07, 6.45) is 5.57. The molecule has 0 unspecified atom stereocenters. The molecule has 0 aliphatic heterocycles. The molecule has 2 heterocycles. The lowest BCUT2D eigenvalue weighted by atomic mass is 10.0. The van der Waals surface area contributed by atoms with Gasteiger partial charge in [0.2, 0.25) is 0 Å². The first-order valence-electron chi connectivity index (χ1n) is 6.96. The van der Waals surface area contributed by atoms with Gasteiger partial charge < -0.3 is 5.32 Å². The standard InChI is InChI=1S/C15H23N3S/c1-5-6-16-10-13(11(2)3)9-14-12(4)17-15-18(14)7-8-19-15/h7-9,11,16H,5-6,10H2,1-4H3. The third kappa shape index (κ3) is 3.25. The molecule has 2 aromatic rings. The summed E-state index contributed by atoms with van der Waals surface area (Å²) in [6, 6.07) is 0. The molecule has 1 N–H and O–H groups in total. The minimum Gasteiger partial charge on any atom is -0.313 e. The smallest absolute Gasteiger partial charge is 0.194 e. The summed E-state index contributed by atoms with van der Waals surface area (Å²) in [5, 5.41) is 5.58. The van der Waals surface area contributed by atoms with Gasteiger partial charge in [-0.05, 0) is 31.9 Å². The molecule has 19 heavy (non-hydrogen) atoms. The average Bonchev–Trinajstić information content (AvgIpc) is 2.90. The van der Waals surface area contributed by atoms with E-state index in [0.717, 1.165) is 23.7 Å². The molecule has 2 aromatic heterocycles. The van der Waals surface area contributed by atoms with E-state index in [9.17, 15) is 0 Å². The molecule has 0 bridgehead atoms. The maximum atomic E-state index is 4.60. The molecule has 0 aliphatic carbocycles. The predicted molar refractivity (Wildman–Crippen MR) is 83.8 cm³/mol. The predicted octanol–water partition coefficient (Wildman–Crippen LogP) is 3.74. The summed E-state index contributed by atoms with van der Waals surface area (Å²) in [5.74, 6) is 0.549. The maximum Gasteiger partial charge on any atom is 0.194 e. The van der Waals surface area contributed by atoms with Crippen LogP contribution in [-0.4, -0.2) is 22.5 Å². The van der Waals surface area contributed by atoms with Crippen LogP contribution < -0.4 is 5.32 Å². The maximum absolute atomic E-state index is 4.60. The summed E-state index contributed by atoms with van der Waals surface area (Å²) in [7, 11) is 0. The summed E-state index contributed by atoms with van der Waals surface area (Å²) >= 11 is 1.69. The van der Waals surface area contributed by atoms with E-state index in [1.807, 2.05) is 0 Å². The molecule has 0 aromatic carbocycles. The number of thiazole rings is 1. The minimum absolute atomic E-state index is 0.549. The molecular formula is C15H23N3S. The van der Waals surface area contributed by atoms with Crippen molar-refractivity contribution >= 4 is 22.4 Å². The van der Waals surface area contributed by atoms with Gasteiger partial charge in [-0.1, -0.05) is 26.3 Å². The van der Waals surface area contributed by atoms with Crippen molar-refractivity contribution in [3.8, 4) is 0 Å². The molecule has 4 heteroatoms. The molecule has 0 saturated carbocycles. The first kappa shape index (κ1) is 14.3. The SMILES string of the molecule is CCCNCC(=Cc1c(C)nc2sccn12)C(C)C. The summed E-state index contributed by atoms with van der Waals surface area (Å²) in [6.45, 7) is 10.8. The summed E-state index contributed by atoms with van der Waals surface area (Å²) < 4.78 is 2.18. The van der Waals surface area contributed by atoms with Crippen molar-refractivity contribution in [2.75, 3.05) is 13.1 Å². The van der Waals surface area contributed by atoms with Crippen molar-refractivity contribution in [1.82, 2.24) is 14.7 Å². The lowest BCUT2D eigenvalue weighted by Crippen LogP contribution is -2.20. The summed E-state index contributed by atoms with van der Waals surface area (Å²) in [4.78, 5) is 5.68. The second kappa shape index (κ2) is 6.35. The van der Waals surface area contributed by atoms with Gasteiger partial charge in [-0.3, -0.25) is 4.40 Å². The second-order valence-corrected chi connectivity index (χ2v) is 6.06. The van der Waals surface area contributed by atoms with Gasteiger partial charge in [0.25, 0.3) is 0 Å². The van der Waals surface area contributed by atoms with E-state index in [4.69, 9.17) is 0 Å². The normalized spacial score (nSPS) is 12.8. The van der Waals surface area contributed by atoms with Crippen LogP contribution in [0.1, 0.15) is 38.6 Å². The zero-order valence-corrected chi connectivity index (χ0v) is 13.0. The van der Waals surface area contributed by atoms with Crippen LogP contribution in [0.15, 0.2) is 17.2 Å². The highest BCUT2D eigenvalue weighted by atomic mass is 32.1. The van der Waals surface area contributed by atoms with Crippen LogP contribution in [0, 0.1) is 12.8 Å². The quantitative estimate of drug-likeness (QED) is 0.815. The van der Waals surface area contributed by atoms with E-state index >= 15 is 0 Å². The topological polar surface area (TPSA) is 29.3 Å². The summed E-state index contributed by atoms with van der Waals surface area (Å²) in [5.41, 5.74) is 3.77. The third-order valence-electron chi connectivity index (χ3n) is 3.30. The number of hydrogen-bond acceptors (Lipinski definition) is 3. The molecule has 0 spiro atoms.